The Morgan fingerprint density at radius 1 is 1.12 bits per heavy atom. The zero-order chi connectivity index (χ0) is 12.6. The van der Waals surface area contributed by atoms with E-state index in [2.05, 4.69) is 45.8 Å². The summed E-state index contributed by atoms with van der Waals surface area (Å²) in [5.41, 5.74) is 5.52. The fourth-order valence-electron chi connectivity index (χ4n) is 1.99. The maximum atomic E-state index is 4.04. The number of rotatable bonds is 8. The Kier molecular flexibility index (Phi) is 7.74. The van der Waals surface area contributed by atoms with Crippen LogP contribution in [-0.2, 0) is 0 Å². The quantitative estimate of drug-likeness (QED) is 0.288. The van der Waals surface area contributed by atoms with E-state index in [4.69, 9.17) is 0 Å². The van der Waals surface area contributed by atoms with Crippen LogP contribution in [0.25, 0.3) is 0 Å². The van der Waals surface area contributed by atoms with Crippen LogP contribution in [0.2, 0.25) is 19.6 Å². The predicted octanol–water partition coefficient (Wildman–Crippen LogP) is 5.73. The van der Waals surface area contributed by atoms with E-state index in [0.29, 0.717) is 0 Å². The predicted molar refractivity (Wildman–Crippen MR) is 79.6 cm³/mol. The fraction of sp³-hybridized carbons (Fsp3) is 0.733. The summed E-state index contributed by atoms with van der Waals surface area (Å²) in [6.07, 6.45) is 7.86. The van der Waals surface area contributed by atoms with Crippen molar-refractivity contribution in [2.24, 2.45) is 0 Å². The normalized spacial score (nSPS) is 12.9. The minimum absolute atomic E-state index is 1.06. The molecule has 0 N–H and O–H groups in total. The van der Waals surface area contributed by atoms with Gasteiger partial charge in [0.15, 0.2) is 0 Å². The zero-order valence-electron chi connectivity index (χ0n) is 12.0. The molecule has 0 heterocycles. The molecular formula is C15H30Si. The second-order valence-corrected chi connectivity index (χ2v) is 11.1. The van der Waals surface area contributed by atoms with Crippen LogP contribution in [0.5, 0.6) is 0 Å². The molecule has 0 aliphatic rings. The minimum Gasteiger partial charge on any atom is -0.0998 e. The fourth-order valence-corrected chi connectivity index (χ4v) is 3.46. The molecule has 0 amide bonds. The third-order valence-corrected chi connectivity index (χ3v) is 3.79. The Hall–Kier alpha value is -0.303. The first-order valence-corrected chi connectivity index (χ1v) is 10.3. The highest BCUT2D eigenvalue weighted by Gasteiger charge is 2.10. The van der Waals surface area contributed by atoms with Crippen LogP contribution < -0.4 is 0 Å². The highest BCUT2D eigenvalue weighted by Crippen LogP contribution is 2.20. The number of hydrogen-bond acceptors (Lipinski definition) is 0. The standard InChI is InChI=1S/C15H30Si/c1-7-8-9-10-11-15(12-14(2)3)13-16(4,5)6/h13H,2,7-12H2,1,3-6H3/b15-13+. The van der Waals surface area contributed by atoms with Crippen molar-refractivity contribution in [3.63, 3.8) is 0 Å². The molecule has 0 saturated heterocycles. The lowest BCUT2D eigenvalue weighted by atomic mass is 10.0. The number of hydrogen-bond donors (Lipinski definition) is 0. The van der Waals surface area contributed by atoms with Crippen molar-refractivity contribution in [3.8, 4) is 0 Å². The summed E-state index contributed by atoms with van der Waals surface area (Å²) in [6, 6.07) is 0. The lowest BCUT2D eigenvalue weighted by Gasteiger charge is -2.15. The Morgan fingerprint density at radius 2 is 1.75 bits per heavy atom. The van der Waals surface area contributed by atoms with Gasteiger partial charge >= 0.3 is 0 Å². The van der Waals surface area contributed by atoms with Crippen LogP contribution in [0.15, 0.2) is 23.4 Å². The first kappa shape index (κ1) is 15.7. The summed E-state index contributed by atoms with van der Waals surface area (Å²) in [5.74, 6) is 0. The van der Waals surface area contributed by atoms with Gasteiger partial charge in [-0.05, 0) is 26.2 Å². The van der Waals surface area contributed by atoms with Crippen LogP contribution in [0.3, 0.4) is 0 Å². The van der Waals surface area contributed by atoms with E-state index in [1.165, 1.54) is 37.7 Å². The van der Waals surface area contributed by atoms with Crippen molar-refractivity contribution in [1.82, 2.24) is 0 Å². The summed E-state index contributed by atoms with van der Waals surface area (Å²) in [5, 5.41) is 0. The minimum atomic E-state index is -1.06. The van der Waals surface area contributed by atoms with E-state index in [1.54, 1.807) is 5.57 Å². The van der Waals surface area contributed by atoms with Crippen LogP contribution in [-0.4, -0.2) is 8.07 Å². The van der Waals surface area contributed by atoms with Crippen molar-refractivity contribution >= 4 is 8.07 Å². The molecule has 0 unspecified atom stereocenters. The summed E-state index contributed by atoms with van der Waals surface area (Å²) >= 11 is 0. The third-order valence-electron chi connectivity index (χ3n) is 2.52. The van der Waals surface area contributed by atoms with Gasteiger partial charge in [0.2, 0.25) is 0 Å². The van der Waals surface area contributed by atoms with E-state index >= 15 is 0 Å². The van der Waals surface area contributed by atoms with E-state index < -0.39 is 8.07 Å². The molecule has 1 heteroatoms. The maximum Gasteiger partial charge on any atom is 0.0686 e. The molecule has 16 heavy (non-hydrogen) atoms. The summed E-state index contributed by atoms with van der Waals surface area (Å²) in [4.78, 5) is 0. The zero-order valence-corrected chi connectivity index (χ0v) is 13.0. The molecule has 0 spiro atoms. The molecule has 0 aromatic rings. The Morgan fingerprint density at radius 3 is 2.19 bits per heavy atom. The highest BCUT2D eigenvalue weighted by atomic mass is 28.3. The van der Waals surface area contributed by atoms with E-state index in [1.807, 2.05) is 0 Å². The third kappa shape index (κ3) is 10.2. The van der Waals surface area contributed by atoms with Gasteiger partial charge in [0, 0.05) is 0 Å². The molecule has 0 aliphatic carbocycles. The van der Waals surface area contributed by atoms with E-state index in [9.17, 15) is 0 Å². The van der Waals surface area contributed by atoms with Crippen LogP contribution >= 0.6 is 0 Å². The van der Waals surface area contributed by atoms with Gasteiger partial charge in [0.25, 0.3) is 0 Å². The van der Waals surface area contributed by atoms with Crippen molar-refractivity contribution in [1.29, 1.82) is 0 Å². The lowest BCUT2D eigenvalue weighted by molar-refractivity contribution is 0.659. The van der Waals surface area contributed by atoms with Gasteiger partial charge in [-0.25, -0.2) is 0 Å². The topological polar surface area (TPSA) is 0 Å². The molecule has 0 bridgehead atoms. The summed E-state index contributed by atoms with van der Waals surface area (Å²) < 4.78 is 0. The number of allylic oxidation sites excluding steroid dienone is 2. The SMILES string of the molecule is C=C(C)C/C(=C/[Si](C)(C)C)CCCCCC. The molecule has 0 aliphatic heterocycles. The second-order valence-electron chi connectivity index (χ2n) is 6.11. The average molecular weight is 238 g/mol. The molecule has 0 aromatic heterocycles. The van der Waals surface area contributed by atoms with Crippen LogP contribution in [0.4, 0.5) is 0 Å². The molecule has 0 aromatic carbocycles. The van der Waals surface area contributed by atoms with Gasteiger partial charge in [-0.1, -0.05) is 69.3 Å². The molecule has 0 radical (unpaired) electrons. The van der Waals surface area contributed by atoms with Gasteiger partial charge in [-0.3, -0.25) is 0 Å². The second kappa shape index (κ2) is 7.89. The van der Waals surface area contributed by atoms with Gasteiger partial charge in [-0.15, -0.1) is 0 Å². The molecule has 94 valence electrons. The molecule has 0 saturated carbocycles. The average Bonchev–Trinajstić information content (AvgIpc) is 2.08. The largest absolute Gasteiger partial charge is 0.0998 e. The van der Waals surface area contributed by atoms with Crippen molar-refractivity contribution < 1.29 is 0 Å². The van der Waals surface area contributed by atoms with E-state index in [-0.39, 0.29) is 0 Å². The summed E-state index contributed by atoms with van der Waals surface area (Å²) in [6.45, 7) is 15.7. The van der Waals surface area contributed by atoms with Crippen LogP contribution in [0.1, 0.15) is 52.4 Å². The summed E-state index contributed by atoms with van der Waals surface area (Å²) in [7, 11) is -1.06. The Labute approximate surface area is 104 Å². The molecule has 0 nitrogen and oxygen atoms in total. The molecule has 0 fully saturated rings. The van der Waals surface area contributed by atoms with Gasteiger partial charge in [0.1, 0.15) is 0 Å². The molecule has 0 atom stereocenters. The molecule has 0 rings (SSSR count). The van der Waals surface area contributed by atoms with Crippen molar-refractivity contribution in [2.75, 3.05) is 0 Å². The maximum absolute atomic E-state index is 4.04. The Bertz CT molecular complexity index is 230. The number of unbranched alkanes of at least 4 members (excludes halogenated alkanes) is 3. The molecular weight excluding hydrogens is 208 g/mol. The highest BCUT2D eigenvalue weighted by molar-refractivity contribution is 6.81. The smallest absolute Gasteiger partial charge is 0.0686 e. The first-order chi connectivity index (χ1) is 7.35. The van der Waals surface area contributed by atoms with Crippen molar-refractivity contribution in [3.05, 3.63) is 23.4 Å². The van der Waals surface area contributed by atoms with Crippen molar-refractivity contribution in [2.45, 2.75) is 72.0 Å². The van der Waals surface area contributed by atoms with Crippen LogP contribution in [0, 0.1) is 0 Å². The monoisotopic (exact) mass is 238 g/mol. The Balaban J connectivity index is 4.22. The van der Waals surface area contributed by atoms with Gasteiger partial charge in [0.05, 0.1) is 8.07 Å². The van der Waals surface area contributed by atoms with Gasteiger partial charge in [-0.2, -0.15) is 0 Å². The lowest BCUT2D eigenvalue weighted by Crippen LogP contribution is -2.17. The first-order valence-electron chi connectivity index (χ1n) is 6.70. The van der Waals surface area contributed by atoms with E-state index in [0.717, 1.165) is 6.42 Å². The van der Waals surface area contributed by atoms with Gasteiger partial charge < -0.3 is 0 Å².